The number of benzene rings is 1. The van der Waals surface area contributed by atoms with Crippen molar-refractivity contribution in [2.75, 3.05) is 6.54 Å². The van der Waals surface area contributed by atoms with Gasteiger partial charge in [-0.25, -0.2) is 4.79 Å². The van der Waals surface area contributed by atoms with E-state index in [1.54, 1.807) is 0 Å². The van der Waals surface area contributed by atoms with Crippen molar-refractivity contribution in [1.29, 1.82) is 0 Å². The largest absolute Gasteiger partial charge is 0.352 e. The molecule has 0 fully saturated rings. The van der Waals surface area contributed by atoms with Crippen LogP contribution in [0.2, 0.25) is 0 Å². The first kappa shape index (κ1) is 12.4. The fourth-order valence-corrected chi connectivity index (χ4v) is 2.21. The molecular formula is C15H18N2O. The number of carbonyl (C=O) groups is 1. The highest BCUT2D eigenvalue weighted by molar-refractivity contribution is 5.71. The smallest absolute Gasteiger partial charge is 0.312 e. The van der Waals surface area contributed by atoms with E-state index < -0.39 is 6.03 Å². The quantitative estimate of drug-likeness (QED) is 0.838. The van der Waals surface area contributed by atoms with Gasteiger partial charge in [0.25, 0.3) is 0 Å². The van der Waals surface area contributed by atoms with E-state index in [0.29, 0.717) is 6.54 Å². The molecule has 94 valence electrons. The lowest BCUT2D eigenvalue weighted by Crippen LogP contribution is -2.33. The Bertz CT molecular complexity index is 463. The zero-order valence-electron chi connectivity index (χ0n) is 10.3. The summed E-state index contributed by atoms with van der Waals surface area (Å²) in [6.45, 7) is 0.537. The Morgan fingerprint density at radius 2 is 2.06 bits per heavy atom. The molecule has 0 radical (unpaired) electrons. The summed E-state index contributed by atoms with van der Waals surface area (Å²) < 4.78 is 0. The van der Waals surface area contributed by atoms with Gasteiger partial charge < -0.3 is 11.1 Å². The SMILES string of the molecule is NC(=O)NCC(C1=CCCC=C1)c1ccccc1. The third kappa shape index (κ3) is 3.23. The number of urea groups is 1. The summed E-state index contributed by atoms with van der Waals surface area (Å²) in [5.41, 5.74) is 7.61. The summed E-state index contributed by atoms with van der Waals surface area (Å²) in [5, 5.41) is 2.71. The number of hydrogen-bond acceptors (Lipinski definition) is 1. The van der Waals surface area contributed by atoms with Gasteiger partial charge in [0.15, 0.2) is 0 Å². The lowest BCUT2D eigenvalue weighted by molar-refractivity contribution is 0.248. The minimum absolute atomic E-state index is 0.176. The average Bonchev–Trinajstić information content (AvgIpc) is 2.41. The second kappa shape index (κ2) is 6.05. The van der Waals surface area contributed by atoms with Gasteiger partial charge in [0.2, 0.25) is 0 Å². The Hall–Kier alpha value is -2.03. The summed E-state index contributed by atoms with van der Waals surface area (Å²) in [7, 11) is 0. The number of amides is 2. The first-order valence-electron chi connectivity index (χ1n) is 6.22. The Labute approximate surface area is 107 Å². The van der Waals surface area contributed by atoms with Gasteiger partial charge in [-0.3, -0.25) is 0 Å². The molecule has 2 amide bonds. The van der Waals surface area contributed by atoms with Crippen LogP contribution in [0.5, 0.6) is 0 Å². The second-order valence-electron chi connectivity index (χ2n) is 4.39. The van der Waals surface area contributed by atoms with Gasteiger partial charge in [-0.05, 0) is 24.0 Å². The molecule has 0 heterocycles. The fraction of sp³-hybridized carbons (Fsp3) is 0.267. The Morgan fingerprint density at radius 3 is 2.67 bits per heavy atom. The van der Waals surface area contributed by atoms with Crippen molar-refractivity contribution in [3.8, 4) is 0 Å². The number of nitrogens with two attached hydrogens (primary N) is 1. The molecule has 1 aliphatic carbocycles. The van der Waals surface area contributed by atoms with E-state index in [4.69, 9.17) is 5.73 Å². The van der Waals surface area contributed by atoms with Crippen molar-refractivity contribution in [2.45, 2.75) is 18.8 Å². The van der Waals surface area contributed by atoms with Crippen LogP contribution in [0.15, 0.2) is 54.1 Å². The Morgan fingerprint density at radius 1 is 1.28 bits per heavy atom. The number of primary amides is 1. The molecule has 2 rings (SSSR count). The van der Waals surface area contributed by atoms with E-state index in [0.717, 1.165) is 12.8 Å². The highest BCUT2D eigenvalue weighted by Gasteiger charge is 2.16. The first-order valence-corrected chi connectivity index (χ1v) is 6.22. The van der Waals surface area contributed by atoms with Gasteiger partial charge in [-0.2, -0.15) is 0 Å². The van der Waals surface area contributed by atoms with Crippen molar-refractivity contribution < 1.29 is 4.79 Å². The molecule has 0 saturated heterocycles. The molecule has 3 N–H and O–H groups in total. The van der Waals surface area contributed by atoms with Gasteiger partial charge in [-0.15, -0.1) is 0 Å². The van der Waals surface area contributed by atoms with Gasteiger partial charge in [0.05, 0.1) is 0 Å². The third-order valence-electron chi connectivity index (χ3n) is 3.11. The molecule has 1 aromatic rings. The number of rotatable bonds is 4. The molecular weight excluding hydrogens is 224 g/mol. The van der Waals surface area contributed by atoms with Crippen LogP contribution < -0.4 is 11.1 Å². The standard InChI is InChI=1S/C15H18N2O/c16-15(18)17-11-14(12-7-3-1-4-8-12)13-9-5-2-6-10-13/h1,3-5,7-10,14H,2,6,11H2,(H3,16,17,18). The minimum atomic E-state index is -0.476. The molecule has 0 spiro atoms. The maximum Gasteiger partial charge on any atom is 0.312 e. The molecule has 0 aliphatic heterocycles. The predicted molar refractivity (Wildman–Crippen MR) is 73.2 cm³/mol. The van der Waals surface area contributed by atoms with E-state index in [1.165, 1.54) is 11.1 Å². The summed E-state index contributed by atoms with van der Waals surface area (Å²) >= 11 is 0. The molecule has 18 heavy (non-hydrogen) atoms. The number of nitrogens with one attached hydrogen (secondary N) is 1. The molecule has 1 aromatic carbocycles. The molecule has 1 aliphatic rings. The summed E-state index contributed by atoms with van der Waals surface area (Å²) in [5.74, 6) is 0.176. The van der Waals surface area contributed by atoms with Crippen LogP contribution in [0.1, 0.15) is 24.3 Å². The van der Waals surface area contributed by atoms with Crippen LogP contribution in [-0.2, 0) is 0 Å². The zero-order chi connectivity index (χ0) is 12.8. The van der Waals surface area contributed by atoms with E-state index >= 15 is 0 Å². The lowest BCUT2D eigenvalue weighted by atomic mass is 9.88. The second-order valence-corrected chi connectivity index (χ2v) is 4.39. The first-order chi connectivity index (χ1) is 8.77. The third-order valence-corrected chi connectivity index (χ3v) is 3.11. The number of carbonyl (C=O) groups excluding carboxylic acids is 1. The molecule has 0 bridgehead atoms. The molecule has 3 heteroatoms. The highest BCUT2D eigenvalue weighted by atomic mass is 16.2. The van der Waals surface area contributed by atoms with Crippen molar-refractivity contribution in [1.82, 2.24) is 5.32 Å². The van der Waals surface area contributed by atoms with Crippen LogP contribution in [0, 0.1) is 0 Å². The van der Waals surface area contributed by atoms with Crippen molar-refractivity contribution >= 4 is 6.03 Å². The monoisotopic (exact) mass is 242 g/mol. The summed E-state index contributed by atoms with van der Waals surface area (Å²) in [4.78, 5) is 10.9. The zero-order valence-corrected chi connectivity index (χ0v) is 10.3. The van der Waals surface area contributed by atoms with Crippen molar-refractivity contribution in [2.24, 2.45) is 5.73 Å². The molecule has 0 aromatic heterocycles. The van der Waals surface area contributed by atoms with Gasteiger partial charge in [0, 0.05) is 12.5 Å². The minimum Gasteiger partial charge on any atom is -0.352 e. The molecule has 3 nitrogen and oxygen atoms in total. The topological polar surface area (TPSA) is 55.1 Å². The van der Waals surface area contributed by atoms with Gasteiger partial charge in [0.1, 0.15) is 0 Å². The Balaban J connectivity index is 2.20. The number of allylic oxidation sites excluding steroid dienone is 3. The predicted octanol–water partition coefficient (Wildman–Crippen LogP) is 2.71. The Kier molecular flexibility index (Phi) is 4.18. The summed E-state index contributed by atoms with van der Waals surface area (Å²) in [6, 6.07) is 9.70. The molecule has 1 unspecified atom stereocenters. The van der Waals surface area contributed by atoms with Crippen LogP contribution >= 0.6 is 0 Å². The normalized spacial score (nSPS) is 15.9. The maximum absolute atomic E-state index is 10.9. The molecule has 1 atom stereocenters. The number of hydrogen-bond donors (Lipinski definition) is 2. The van der Waals surface area contributed by atoms with E-state index in [-0.39, 0.29) is 5.92 Å². The van der Waals surface area contributed by atoms with Crippen LogP contribution in [0.25, 0.3) is 0 Å². The van der Waals surface area contributed by atoms with E-state index in [1.807, 2.05) is 18.2 Å². The van der Waals surface area contributed by atoms with Gasteiger partial charge >= 0.3 is 6.03 Å². The van der Waals surface area contributed by atoms with E-state index in [9.17, 15) is 4.79 Å². The fourth-order valence-electron chi connectivity index (χ4n) is 2.21. The average molecular weight is 242 g/mol. The van der Waals surface area contributed by atoms with Crippen molar-refractivity contribution in [3.63, 3.8) is 0 Å². The maximum atomic E-state index is 10.9. The van der Waals surface area contributed by atoms with Crippen LogP contribution in [0.4, 0.5) is 4.79 Å². The van der Waals surface area contributed by atoms with Crippen molar-refractivity contribution in [3.05, 3.63) is 59.7 Å². The van der Waals surface area contributed by atoms with E-state index in [2.05, 4.69) is 35.7 Å². The van der Waals surface area contributed by atoms with Gasteiger partial charge in [-0.1, -0.05) is 48.6 Å². The van der Waals surface area contributed by atoms with Crippen LogP contribution in [0.3, 0.4) is 0 Å². The molecule has 0 saturated carbocycles. The lowest BCUT2D eigenvalue weighted by Gasteiger charge is -2.20. The van der Waals surface area contributed by atoms with Crippen LogP contribution in [-0.4, -0.2) is 12.6 Å². The highest BCUT2D eigenvalue weighted by Crippen LogP contribution is 2.27. The summed E-state index contributed by atoms with van der Waals surface area (Å²) in [6.07, 6.45) is 8.71.